The number of nitrogens with zero attached hydrogens (tertiary/aromatic N) is 3. The number of rotatable bonds is 4. The van der Waals surface area contributed by atoms with Gasteiger partial charge >= 0.3 is 0 Å². The molecule has 0 amide bonds. The first-order valence-electron chi connectivity index (χ1n) is 7.77. The molecule has 1 aliphatic heterocycles. The number of aliphatic hydroxyl groups excluding tert-OH is 1. The van der Waals surface area contributed by atoms with E-state index in [0.717, 1.165) is 25.1 Å². The highest BCUT2D eigenvalue weighted by molar-refractivity contribution is 6.30. The molecule has 22 heavy (non-hydrogen) atoms. The Morgan fingerprint density at radius 3 is 3.05 bits per heavy atom. The molecule has 3 rings (SSSR count). The van der Waals surface area contributed by atoms with E-state index in [4.69, 9.17) is 11.6 Å². The Morgan fingerprint density at radius 1 is 1.45 bits per heavy atom. The Bertz CT molecular complexity index is 602. The lowest BCUT2D eigenvalue weighted by atomic mass is 9.93. The molecule has 5 heteroatoms. The molecule has 2 aromatic rings. The minimum atomic E-state index is -0.504. The van der Waals surface area contributed by atoms with Crippen LogP contribution < -0.4 is 0 Å². The first-order valence-corrected chi connectivity index (χ1v) is 8.14. The molecular formula is C17H22ClN3O. The number of likely N-dealkylation sites (tertiary alicyclic amines) is 1. The van der Waals surface area contributed by atoms with Crippen LogP contribution in [0.25, 0.3) is 0 Å². The number of halogens is 1. The standard InChI is InChI=1S/C17H22ClN3O/c1-13-5-7-20(10-16(13)21-8-6-19-12-21)11-17(22)14-3-2-4-15(18)9-14/h2-4,6,8-9,12-13,16-17,22H,5,7,10-11H2,1H3. The normalized spacial score (nSPS) is 24.3. The van der Waals surface area contributed by atoms with Crippen molar-refractivity contribution in [2.75, 3.05) is 19.6 Å². The largest absolute Gasteiger partial charge is 0.387 e. The monoisotopic (exact) mass is 319 g/mol. The van der Waals surface area contributed by atoms with Crippen LogP contribution >= 0.6 is 11.6 Å². The van der Waals surface area contributed by atoms with E-state index in [1.165, 1.54) is 0 Å². The molecule has 1 fully saturated rings. The highest BCUT2D eigenvalue weighted by atomic mass is 35.5. The minimum absolute atomic E-state index is 0.419. The molecular weight excluding hydrogens is 298 g/mol. The molecule has 1 aromatic carbocycles. The van der Waals surface area contributed by atoms with Crippen molar-refractivity contribution in [3.05, 3.63) is 53.6 Å². The number of hydrogen-bond donors (Lipinski definition) is 1. The van der Waals surface area contributed by atoms with Gasteiger partial charge in [-0.25, -0.2) is 4.98 Å². The van der Waals surface area contributed by atoms with E-state index in [2.05, 4.69) is 21.4 Å². The predicted molar refractivity (Wildman–Crippen MR) is 87.9 cm³/mol. The fourth-order valence-corrected chi connectivity index (χ4v) is 3.40. The Morgan fingerprint density at radius 2 is 2.32 bits per heavy atom. The number of benzene rings is 1. The number of aromatic nitrogens is 2. The third-order valence-corrected chi connectivity index (χ3v) is 4.81. The first kappa shape index (κ1) is 15.5. The number of hydrogen-bond acceptors (Lipinski definition) is 3. The van der Waals surface area contributed by atoms with Crippen LogP contribution in [0.3, 0.4) is 0 Å². The zero-order valence-electron chi connectivity index (χ0n) is 12.8. The average Bonchev–Trinajstić information content (AvgIpc) is 3.03. The van der Waals surface area contributed by atoms with Gasteiger partial charge < -0.3 is 9.67 Å². The fraction of sp³-hybridized carbons (Fsp3) is 0.471. The smallest absolute Gasteiger partial charge is 0.0949 e. The molecule has 0 radical (unpaired) electrons. The van der Waals surface area contributed by atoms with Crippen molar-refractivity contribution in [1.82, 2.24) is 14.5 Å². The molecule has 0 aliphatic carbocycles. The highest BCUT2D eigenvalue weighted by Crippen LogP contribution is 2.29. The number of β-amino-alcohol motifs (C(OH)–C–C–N with tert-alkyl or cyclic N) is 1. The van der Waals surface area contributed by atoms with E-state index < -0.39 is 6.10 Å². The molecule has 1 aromatic heterocycles. The quantitative estimate of drug-likeness (QED) is 0.941. The second-order valence-corrected chi connectivity index (χ2v) is 6.61. The van der Waals surface area contributed by atoms with Crippen LogP contribution in [0.4, 0.5) is 0 Å². The van der Waals surface area contributed by atoms with Gasteiger partial charge in [0, 0.05) is 36.5 Å². The summed E-state index contributed by atoms with van der Waals surface area (Å²) in [6.07, 6.45) is 6.36. The predicted octanol–water partition coefficient (Wildman–Crippen LogP) is 3.15. The maximum Gasteiger partial charge on any atom is 0.0949 e. The average molecular weight is 320 g/mol. The summed E-state index contributed by atoms with van der Waals surface area (Å²) in [6, 6.07) is 7.90. The maximum atomic E-state index is 10.5. The van der Waals surface area contributed by atoms with Gasteiger partial charge in [-0.2, -0.15) is 0 Å². The molecule has 4 nitrogen and oxygen atoms in total. The third-order valence-electron chi connectivity index (χ3n) is 4.58. The van der Waals surface area contributed by atoms with Crippen LogP contribution in [0, 0.1) is 5.92 Å². The van der Waals surface area contributed by atoms with E-state index >= 15 is 0 Å². The van der Waals surface area contributed by atoms with Gasteiger partial charge in [0.1, 0.15) is 0 Å². The second kappa shape index (κ2) is 6.82. The summed E-state index contributed by atoms with van der Waals surface area (Å²) in [5, 5.41) is 11.1. The van der Waals surface area contributed by atoms with Gasteiger partial charge in [0.2, 0.25) is 0 Å². The number of piperidine rings is 1. The van der Waals surface area contributed by atoms with Gasteiger partial charge in [0.15, 0.2) is 0 Å². The third kappa shape index (κ3) is 3.51. The van der Waals surface area contributed by atoms with Crippen LogP contribution in [0.2, 0.25) is 5.02 Å². The highest BCUT2D eigenvalue weighted by Gasteiger charge is 2.28. The first-order chi connectivity index (χ1) is 10.6. The molecule has 1 saturated heterocycles. The lowest BCUT2D eigenvalue weighted by molar-refractivity contribution is 0.0686. The molecule has 1 aliphatic rings. The Hall–Kier alpha value is -1.36. The SMILES string of the molecule is CC1CCN(CC(O)c2cccc(Cl)c2)CC1n1ccnc1. The van der Waals surface area contributed by atoms with Gasteiger partial charge in [0.25, 0.3) is 0 Å². The number of aliphatic hydroxyl groups is 1. The summed E-state index contributed by atoms with van der Waals surface area (Å²) in [4.78, 5) is 6.49. The summed E-state index contributed by atoms with van der Waals surface area (Å²) in [5.74, 6) is 0.619. The molecule has 1 N–H and O–H groups in total. The molecule has 118 valence electrons. The van der Waals surface area contributed by atoms with Crippen LogP contribution in [-0.2, 0) is 0 Å². The minimum Gasteiger partial charge on any atom is -0.387 e. The Labute approximate surface area is 136 Å². The van der Waals surface area contributed by atoms with E-state index in [-0.39, 0.29) is 0 Å². The van der Waals surface area contributed by atoms with Crippen molar-refractivity contribution < 1.29 is 5.11 Å². The summed E-state index contributed by atoms with van der Waals surface area (Å²) >= 11 is 6.01. The Balaban J connectivity index is 1.65. The summed E-state index contributed by atoms with van der Waals surface area (Å²) in [5.41, 5.74) is 0.880. The lowest BCUT2D eigenvalue weighted by Gasteiger charge is -2.38. The molecule has 0 bridgehead atoms. The van der Waals surface area contributed by atoms with Crippen molar-refractivity contribution in [1.29, 1.82) is 0 Å². The van der Waals surface area contributed by atoms with E-state index in [9.17, 15) is 5.11 Å². The van der Waals surface area contributed by atoms with Crippen molar-refractivity contribution in [2.45, 2.75) is 25.5 Å². The van der Waals surface area contributed by atoms with E-state index in [0.29, 0.717) is 23.5 Å². The summed E-state index contributed by atoms with van der Waals surface area (Å²) < 4.78 is 2.18. The van der Waals surface area contributed by atoms with Crippen molar-refractivity contribution in [2.24, 2.45) is 5.92 Å². The van der Waals surface area contributed by atoms with Gasteiger partial charge in [-0.3, -0.25) is 4.90 Å². The van der Waals surface area contributed by atoms with Crippen LogP contribution in [0.5, 0.6) is 0 Å². The lowest BCUT2D eigenvalue weighted by Crippen LogP contribution is -2.42. The number of imidazole rings is 1. The second-order valence-electron chi connectivity index (χ2n) is 6.17. The fourth-order valence-electron chi connectivity index (χ4n) is 3.20. The van der Waals surface area contributed by atoms with Gasteiger partial charge in [-0.1, -0.05) is 30.7 Å². The molecule has 0 saturated carbocycles. The molecule has 0 spiro atoms. The van der Waals surface area contributed by atoms with Crippen LogP contribution in [-0.4, -0.2) is 39.2 Å². The van der Waals surface area contributed by atoms with E-state index in [1.54, 1.807) is 0 Å². The van der Waals surface area contributed by atoms with Gasteiger partial charge in [-0.05, 0) is 36.6 Å². The Kier molecular flexibility index (Phi) is 4.81. The summed E-state index contributed by atoms with van der Waals surface area (Å²) in [7, 11) is 0. The molecule has 2 heterocycles. The maximum absolute atomic E-state index is 10.5. The van der Waals surface area contributed by atoms with Crippen molar-refractivity contribution >= 4 is 11.6 Å². The topological polar surface area (TPSA) is 41.3 Å². The van der Waals surface area contributed by atoms with Gasteiger partial charge in [-0.15, -0.1) is 0 Å². The van der Waals surface area contributed by atoms with Crippen LogP contribution in [0.15, 0.2) is 43.0 Å². The zero-order chi connectivity index (χ0) is 15.5. The van der Waals surface area contributed by atoms with E-state index in [1.807, 2.05) is 43.0 Å². The van der Waals surface area contributed by atoms with Crippen LogP contribution in [0.1, 0.15) is 31.1 Å². The zero-order valence-corrected chi connectivity index (χ0v) is 13.5. The summed E-state index contributed by atoms with van der Waals surface area (Å²) in [6.45, 7) is 4.88. The molecule has 3 atom stereocenters. The van der Waals surface area contributed by atoms with Crippen molar-refractivity contribution in [3.63, 3.8) is 0 Å². The van der Waals surface area contributed by atoms with Crippen molar-refractivity contribution in [3.8, 4) is 0 Å². The molecule has 3 unspecified atom stereocenters. The van der Waals surface area contributed by atoms with Gasteiger partial charge in [0.05, 0.1) is 12.4 Å².